The van der Waals surface area contributed by atoms with Gasteiger partial charge in [0.25, 0.3) is 10.2 Å². The van der Waals surface area contributed by atoms with E-state index in [1.165, 1.54) is 0 Å². The summed E-state index contributed by atoms with van der Waals surface area (Å²) in [5.41, 5.74) is 7.36. The van der Waals surface area contributed by atoms with E-state index in [4.69, 9.17) is 5.73 Å². The normalized spacial score (nSPS) is 17.5. The lowest BCUT2D eigenvalue weighted by atomic mass is 10.2. The molecule has 0 unspecified atom stereocenters. The molecule has 6 heteroatoms. The number of nitrogens with two attached hydrogens (primary N) is 1. The molecule has 1 aliphatic heterocycles. The zero-order valence-corrected chi connectivity index (χ0v) is 13.6. The van der Waals surface area contributed by atoms with E-state index in [0.717, 1.165) is 24.8 Å². The van der Waals surface area contributed by atoms with Crippen molar-refractivity contribution in [2.24, 2.45) is 0 Å². The van der Waals surface area contributed by atoms with Gasteiger partial charge in [0.05, 0.1) is 0 Å². The van der Waals surface area contributed by atoms with Gasteiger partial charge in [0.1, 0.15) is 0 Å². The molecule has 0 radical (unpaired) electrons. The first-order valence-corrected chi connectivity index (χ1v) is 8.92. The highest BCUT2D eigenvalue weighted by molar-refractivity contribution is 7.86. The van der Waals surface area contributed by atoms with E-state index in [2.05, 4.69) is 0 Å². The molecule has 0 aromatic heterocycles. The number of hydrogen-bond acceptors (Lipinski definition) is 3. The van der Waals surface area contributed by atoms with Gasteiger partial charge in [-0.15, -0.1) is 0 Å². The standard InChI is InChI=1S/C15H25N3O2S/c1-13(2)18(12-14-7-6-8-15(16)11-14)21(19,20)17-9-4-3-5-10-17/h6-8,11,13H,3-5,9-10,12,16H2,1-2H3. The number of nitrogen functional groups attached to an aromatic ring is 1. The fourth-order valence-corrected chi connectivity index (χ4v) is 4.51. The molecule has 0 amide bonds. The molecule has 0 atom stereocenters. The number of hydrogen-bond donors (Lipinski definition) is 1. The van der Waals surface area contributed by atoms with Crippen LogP contribution in [0.5, 0.6) is 0 Å². The number of piperidine rings is 1. The Bertz CT molecular complexity index is 566. The van der Waals surface area contributed by atoms with Crippen molar-refractivity contribution in [1.29, 1.82) is 0 Å². The lowest BCUT2D eigenvalue weighted by Gasteiger charge is -2.34. The molecule has 1 aromatic rings. The minimum Gasteiger partial charge on any atom is -0.399 e. The molecule has 1 saturated heterocycles. The van der Waals surface area contributed by atoms with Gasteiger partial charge in [-0.25, -0.2) is 0 Å². The maximum absolute atomic E-state index is 12.8. The third kappa shape index (κ3) is 3.96. The van der Waals surface area contributed by atoms with Crippen molar-refractivity contribution in [2.75, 3.05) is 18.8 Å². The van der Waals surface area contributed by atoms with Crippen molar-refractivity contribution in [2.45, 2.75) is 45.7 Å². The molecule has 118 valence electrons. The first kappa shape index (κ1) is 16.3. The van der Waals surface area contributed by atoms with Gasteiger partial charge < -0.3 is 5.73 Å². The summed E-state index contributed by atoms with van der Waals surface area (Å²) in [6.45, 7) is 5.44. The molecular weight excluding hydrogens is 286 g/mol. The predicted octanol–water partition coefficient (Wildman–Crippen LogP) is 2.21. The monoisotopic (exact) mass is 311 g/mol. The van der Waals surface area contributed by atoms with Crippen LogP contribution in [-0.4, -0.2) is 36.2 Å². The summed E-state index contributed by atoms with van der Waals surface area (Å²) < 4.78 is 28.9. The summed E-state index contributed by atoms with van der Waals surface area (Å²) in [5, 5.41) is 0. The Morgan fingerprint density at radius 1 is 1.24 bits per heavy atom. The smallest absolute Gasteiger partial charge is 0.282 e. The van der Waals surface area contributed by atoms with Crippen LogP contribution in [0.3, 0.4) is 0 Å². The Morgan fingerprint density at radius 2 is 1.90 bits per heavy atom. The Kier molecular flexibility index (Phi) is 5.24. The van der Waals surface area contributed by atoms with Crippen molar-refractivity contribution < 1.29 is 8.42 Å². The molecule has 2 N–H and O–H groups in total. The van der Waals surface area contributed by atoms with Crippen LogP contribution in [0.4, 0.5) is 5.69 Å². The number of benzene rings is 1. The van der Waals surface area contributed by atoms with Crippen LogP contribution in [0.2, 0.25) is 0 Å². The van der Waals surface area contributed by atoms with Gasteiger partial charge >= 0.3 is 0 Å². The second-order valence-corrected chi connectivity index (χ2v) is 7.73. The average Bonchev–Trinajstić information content (AvgIpc) is 2.45. The molecule has 1 fully saturated rings. The fraction of sp³-hybridized carbons (Fsp3) is 0.600. The Hall–Kier alpha value is -1.11. The van der Waals surface area contributed by atoms with Crippen molar-refractivity contribution in [1.82, 2.24) is 8.61 Å². The summed E-state index contributed by atoms with van der Waals surface area (Å²) in [7, 11) is -3.41. The Labute approximate surface area is 127 Å². The van der Waals surface area contributed by atoms with Gasteiger partial charge in [-0.05, 0) is 44.4 Å². The van der Waals surface area contributed by atoms with Crippen LogP contribution in [0.25, 0.3) is 0 Å². The van der Waals surface area contributed by atoms with Crippen molar-refractivity contribution in [3.8, 4) is 0 Å². The number of anilines is 1. The minimum absolute atomic E-state index is 0.0849. The lowest BCUT2D eigenvalue weighted by Crippen LogP contribution is -2.48. The maximum Gasteiger partial charge on any atom is 0.282 e. The van der Waals surface area contributed by atoms with Crippen LogP contribution in [-0.2, 0) is 16.8 Å². The van der Waals surface area contributed by atoms with Crippen LogP contribution >= 0.6 is 0 Å². The van der Waals surface area contributed by atoms with Gasteiger partial charge in [0.15, 0.2) is 0 Å². The van der Waals surface area contributed by atoms with Crippen LogP contribution in [0.1, 0.15) is 38.7 Å². The van der Waals surface area contributed by atoms with Crippen molar-refractivity contribution in [3.05, 3.63) is 29.8 Å². The van der Waals surface area contributed by atoms with Gasteiger partial charge in [0, 0.05) is 31.4 Å². The lowest BCUT2D eigenvalue weighted by molar-refractivity contribution is 0.277. The molecule has 1 heterocycles. The van der Waals surface area contributed by atoms with Gasteiger partial charge in [-0.3, -0.25) is 0 Å². The first-order chi connectivity index (χ1) is 9.91. The first-order valence-electron chi connectivity index (χ1n) is 7.52. The molecule has 0 aliphatic carbocycles. The second-order valence-electron chi connectivity index (χ2n) is 5.85. The predicted molar refractivity (Wildman–Crippen MR) is 85.9 cm³/mol. The summed E-state index contributed by atoms with van der Waals surface area (Å²) in [4.78, 5) is 0. The number of rotatable bonds is 5. The van der Waals surface area contributed by atoms with Gasteiger partial charge in [-0.2, -0.15) is 17.0 Å². The average molecular weight is 311 g/mol. The molecule has 21 heavy (non-hydrogen) atoms. The third-order valence-electron chi connectivity index (χ3n) is 3.80. The SMILES string of the molecule is CC(C)N(Cc1cccc(N)c1)S(=O)(=O)N1CCCCC1. The van der Waals surface area contributed by atoms with Gasteiger partial charge in [-0.1, -0.05) is 18.6 Å². The summed E-state index contributed by atoms with van der Waals surface area (Å²) in [5.74, 6) is 0. The fourth-order valence-electron chi connectivity index (χ4n) is 2.65. The van der Waals surface area contributed by atoms with E-state index < -0.39 is 10.2 Å². The van der Waals surface area contributed by atoms with Crippen LogP contribution in [0, 0.1) is 0 Å². The highest BCUT2D eigenvalue weighted by Crippen LogP contribution is 2.21. The highest BCUT2D eigenvalue weighted by atomic mass is 32.2. The molecule has 0 saturated carbocycles. The summed E-state index contributed by atoms with van der Waals surface area (Å²) in [6.07, 6.45) is 3.01. The summed E-state index contributed by atoms with van der Waals surface area (Å²) >= 11 is 0. The van der Waals surface area contributed by atoms with E-state index >= 15 is 0 Å². The molecule has 0 spiro atoms. The van der Waals surface area contributed by atoms with E-state index in [1.54, 1.807) is 8.61 Å². The quantitative estimate of drug-likeness (QED) is 0.848. The molecule has 2 rings (SSSR count). The zero-order chi connectivity index (χ0) is 15.5. The zero-order valence-electron chi connectivity index (χ0n) is 12.8. The van der Waals surface area contributed by atoms with Crippen LogP contribution in [0.15, 0.2) is 24.3 Å². The van der Waals surface area contributed by atoms with Crippen molar-refractivity contribution >= 4 is 15.9 Å². The van der Waals surface area contributed by atoms with Crippen molar-refractivity contribution in [3.63, 3.8) is 0 Å². The largest absolute Gasteiger partial charge is 0.399 e. The Balaban J connectivity index is 2.21. The maximum atomic E-state index is 12.8. The van der Waals surface area contributed by atoms with E-state index in [1.807, 2.05) is 38.1 Å². The minimum atomic E-state index is -3.41. The molecule has 1 aromatic carbocycles. The second kappa shape index (κ2) is 6.77. The van der Waals surface area contributed by atoms with E-state index in [9.17, 15) is 8.42 Å². The molecule has 1 aliphatic rings. The summed E-state index contributed by atoms with van der Waals surface area (Å²) in [6, 6.07) is 7.33. The van der Waals surface area contributed by atoms with Gasteiger partial charge in [0.2, 0.25) is 0 Å². The highest BCUT2D eigenvalue weighted by Gasteiger charge is 2.32. The van der Waals surface area contributed by atoms with E-state index in [-0.39, 0.29) is 6.04 Å². The Morgan fingerprint density at radius 3 is 2.48 bits per heavy atom. The van der Waals surface area contributed by atoms with Crippen LogP contribution < -0.4 is 5.73 Å². The topological polar surface area (TPSA) is 66.6 Å². The number of nitrogens with zero attached hydrogens (tertiary/aromatic N) is 2. The molecular formula is C15H25N3O2S. The van der Waals surface area contributed by atoms with E-state index in [0.29, 0.717) is 25.3 Å². The third-order valence-corrected chi connectivity index (χ3v) is 5.96. The molecule has 0 bridgehead atoms. The molecule has 5 nitrogen and oxygen atoms in total.